The number of hydrogen-bond acceptors (Lipinski definition) is 6. The van der Waals surface area contributed by atoms with Crippen molar-refractivity contribution >= 4 is 11.8 Å². The fraction of sp³-hybridized carbons (Fsp3) is 0.350. The number of aryl methyl sites for hydroxylation is 1. The monoisotopic (exact) mass is 383 g/mol. The summed E-state index contributed by atoms with van der Waals surface area (Å²) in [5.74, 6) is 8.37. The number of thioether (sulfide) groups is 1. The second kappa shape index (κ2) is 8.43. The van der Waals surface area contributed by atoms with Crippen LogP contribution in [0.5, 0.6) is 5.75 Å². The molecule has 2 N–H and O–H groups in total. The van der Waals surface area contributed by atoms with Crippen molar-refractivity contribution in [2.75, 3.05) is 11.6 Å². The highest BCUT2D eigenvalue weighted by Crippen LogP contribution is 2.24. The van der Waals surface area contributed by atoms with E-state index in [-0.39, 0.29) is 12.0 Å². The standard InChI is InChI=1S/C20H25N5OS/c1-20(2,3)16-4-6-17(7-5-16)26-14-18-23-24-19(25(18)21)27-13-10-15-8-11-22-12-9-15/h4-9,11-12H,10,13-14,21H2,1-3H3. The number of aromatic nitrogens is 4. The lowest BCUT2D eigenvalue weighted by atomic mass is 9.87. The molecular weight excluding hydrogens is 358 g/mol. The van der Waals surface area contributed by atoms with Crippen molar-refractivity contribution in [3.05, 3.63) is 65.7 Å². The average molecular weight is 384 g/mol. The van der Waals surface area contributed by atoms with Crippen LogP contribution in [0.4, 0.5) is 0 Å². The van der Waals surface area contributed by atoms with E-state index in [1.54, 1.807) is 24.2 Å². The Morgan fingerprint density at radius 1 is 1.04 bits per heavy atom. The first-order valence-corrected chi connectivity index (χ1v) is 9.86. The van der Waals surface area contributed by atoms with Crippen LogP contribution in [0, 0.1) is 0 Å². The van der Waals surface area contributed by atoms with Crippen LogP contribution < -0.4 is 10.6 Å². The molecule has 0 fully saturated rings. The summed E-state index contributed by atoms with van der Waals surface area (Å²) >= 11 is 1.58. The summed E-state index contributed by atoms with van der Waals surface area (Å²) in [6.07, 6.45) is 4.52. The Hall–Kier alpha value is -2.54. The van der Waals surface area contributed by atoms with E-state index in [0.29, 0.717) is 11.0 Å². The lowest BCUT2D eigenvalue weighted by Crippen LogP contribution is -2.16. The number of benzene rings is 1. The minimum atomic E-state index is 0.123. The summed E-state index contributed by atoms with van der Waals surface area (Å²) in [4.78, 5) is 4.02. The number of nitrogens with zero attached hydrogens (tertiary/aromatic N) is 4. The van der Waals surface area contributed by atoms with E-state index in [1.165, 1.54) is 15.8 Å². The average Bonchev–Trinajstić information content (AvgIpc) is 3.00. The Balaban J connectivity index is 1.52. The lowest BCUT2D eigenvalue weighted by Gasteiger charge is -2.19. The van der Waals surface area contributed by atoms with E-state index in [1.807, 2.05) is 24.3 Å². The van der Waals surface area contributed by atoms with Crippen molar-refractivity contribution in [3.8, 4) is 5.75 Å². The summed E-state index contributed by atoms with van der Waals surface area (Å²) < 4.78 is 7.31. The highest BCUT2D eigenvalue weighted by Gasteiger charge is 2.14. The number of pyridine rings is 1. The highest BCUT2D eigenvalue weighted by molar-refractivity contribution is 7.99. The largest absolute Gasteiger partial charge is 0.486 e. The molecule has 0 saturated carbocycles. The zero-order chi connectivity index (χ0) is 19.3. The van der Waals surface area contributed by atoms with E-state index in [2.05, 4.69) is 48.1 Å². The molecule has 142 valence electrons. The Labute approximate surface area is 164 Å². The van der Waals surface area contributed by atoms with Gasteiger partial charge in [0.15, 0.2) is 5.82 Å². The van der Waals surface area contributed by atoms with E-state index in [0.717, 1.165) is 17.9 Å². The first-order chi connectivity index (χ1) is 12.9. The third kappa shape index (κ3) is 5.23. The second-order valence-electron chi connectivity index (χ2n) is 7.29. The van der Waals surface area contributed by atoms with Crippen LogP contribution in [0.1, 0.15) is 37.7 Å². The zero-order valence-electron chi connectivity index (χ0n) is 15.9. The number of nitrogens with two attached hydrogens (primary N) is 1. The van der Waals surface area contributed by atoms with Crippen molar-refractivity contribution in [2.24, 2.45) is 0 Å². The summed E-state index contributed by atoms with van der Waals surface area (Å²) in [6, 6.07) is 12.1. The molecule has 0 amide bonds. The van der Waals surface area contributed by atoms with Crippen LogP contribution in [0.3, 0.4) is 0 Å². The molecule has 0 aliphatic heterocycles. The molecule has 3 aromatic rings. The van der Waals surface area contributed by atoms with Crippen molar-refractivity contribution in [3.63, 3.8) is 0 Å². The number of nitrogen functional groups attached to an aromatic ring is 1. The van der Waals surface area contributed by atoms with Gasteiger partial charge in [0.1, 0.15) is 12.4 Å². The molecule has 0 unspecified atom stereocenters. The molecule has 3 rings (SSSR count). The third-order valence-corrected chi connectivity index (χ3v) is 5.14. The number of hydrogen-bond donors (Lipinski definition) is 1. The first kappa shape index (κ1) is 19.2. The quantitative estimate of drug-likeness (QED) is 0.496. The molecule has 0 aliphatic carbocycles. The van der Waals surface area contributed by atoms with Gasteiger partial charge >= 0.3 is 0 Å². The van der Waals surface area contributed by atoms with E-state index < -0.39 is 0 Å². The molecule has 7 heteroatoms. The fourth-order valence-corrected chi connectivity index (χ4v) is 3.38. The van der Waals surface area contributed by atoms with Gasteiger partial charge in [0.05, 0.1) is 0 Å². The van der Waals surface area contributed by atoms with Gasteiger partial charge in [-0.1, -0.05) is 44.7 Å². The van der Waals surface area contributed by atoms with Gasteiger partial charge in [0.25, 0.3) is 0 Å². The van der Waals surface area contributed by atoms with Crippen LogP contribution in [0.2, 0.25) is 0 Å². The predicted molar refractivity (Wildman–Crippen MR) is 108 cm³/mol. The molecule has 0 bridgehead atoms. The summed E-state index contributed by atoms with van der Waals surface area (Å²) in [7, 11) is 0. The smallest absolute Gasteiger partial charge is 0.209 e. The lowest BCUT2D eigenvalue weighted by molar-refractivity contribution is 0.291. The molecule has 0 aliphatic rings. The zero-order valence-corrected chi connectivity index (χ0v) is 16.7. The Kier molecular flexibility index (Phi) is 6.01. The van der Waals surface area contributed by atoms with Gasteiger partial charge in [-0.05, 0) is 47.2 Å². The van der Waals surface area contributed by atoms with E-state index in [9.17, 15) is 0 Å². The molecule has 2 aromatic heterocycles. The Bertz CT molecular complexity index is 856. The first-order valence-electron chi connectivity index (χ1n) is 8.88. The normalized spacial score (nSPS) is 11.5. The van der Waals surface area contributed by atoms with Gasteiger partial charge in [-0.3, -0.25) is 4.98 Å². The van der Waals surface area contributed by atoms with Crippen LogP contribution in [-0.4, -0.2) is 25.6 Å². The van der Waals surface area contributed by atoms with Crippen LogP contribution in [0.15, 0.2) is 53.9 Å². The maximum Gasteiger partial charge on any atom is 0.209 e. The van der Waals surface area contributed by atoms with E-state index in [4.69, 9.17) is 10.6 Å². The van der Waals surface area contributed by atoms with Crippen LogP contribution >= 0.6 is 11.8 Å². The highest BCUT2D eigenvalue weighted by atomic mass is 32.2. The Morgan fingerprint density at radius 2 is 1.74 bits per heavy atom. The number of rotatable bonds is 7. The molecule has 0 radical (unpaired) electrons. The van der Waals surface area contributed by atoms with Gasteiger partial charge in [-0.15, -0.1) is 10.2 Å². The predicted octanol–water partition coefficient (Wildman–Crippen LogP) is 3.60. The van der Waals surface area contributed by atoms with Crippen LogP contribution in [0.25, 0.3) is 0 Å². The Morgan fingerprint density at radius 3 is 2.41 bits per heavy atom. The summed E-state index contributed by atoms with van der Waals surface area (Å²) in [5.41, 5.74) is 2.63. The van der Waals surface area contributed by atoms with Crippen molar-refractivity contribution in [1.82, 2.24) is 19.9 Å². The SMILES string of the molecule is CC(C)(C)c1ccc(OCc2nnc(SCCc3ccncc3)n2N)cc1. The minimum absolute atomic E-state index is 0.123. The summed E-state index contributed by atoms with van der Waals surface area (Å²) in [6.45, 7) is 6.85. The topological polar surface area (TPSA) is 78.9 Å². The van der Waals surface area contributed by atoms with Gasteiger partial charge in [0.2, 0.25) is 5.16 Å². The van der Waals surface area contributed by atoms with Crippen molar-refractivity contribution in [1.29, 1.82) is 0 Å². The molecule has 2 heterocycles. The third-order valence-electron chi connectivity index (χ3n) is 4.19. The molecule has 1 aromatic carbocycles. The van der Waals surface area contributed by atoms with Gasteiger partial charge in [-0.25, -0.2) is 4.68 Å². The molecule has 0 spiro atoms. The van der Waals surface area contributed by atoms with E-state index >= 15 is 0 Å². The summed E-state index contributed by atoms with van der Waals surface area (Å²) in [5, 5.41) is 9.00. The van der Waals surface area contributed by atoms with Gasteiger partial charge in [0, 0.05) is 18.1 Å². The molecule has 0 saturated heterocycles. The minimum Gasteiger partial charge on any atom is -0.486 e. The van der Waals surface area contributed by atoms with Gasteiger partial charge < -0.3 is 10.6 Å². The maximum absolute atomic E-state index is 6.11. The second-order valence-corrected chi connectivity index (χ2v) is 8.35. The molecule has 27 heavy (non-hydrogen) atoms. The van der Waals surface area contributed by atoms with Crippen LogP contribution in [-0.2, 0) is 18.4 Å². The van der Waals surface area contributed by atoms with Crippen molar-refractivity contribution < 1.29 is 4.74 Å². The number of ether oxygens (including phenoxy) is 1. The van der Waals surface area contributed by atoms with Gasteiger partial charge in [-0.2, -0.15) is 0 Å². The molecule has 6 nitrogen and oxygen atoms in total. The molecular formula is C20H25N5OS. The fourth-order valence-electron chi connectivity index (χ4n) is 2.51. The maximum atomic E-state index is 6.11. The molecule has 0 atom stereocenters. The van der Waals surface area contributed by atoms with Crippen molar-refractivity contribution in [2.45, 2.75) is 44.4 Å².